The number of rotatable bonds is 10. The minimum absolute atomic E-state index is 0.0467. The van der Waals surface area contributed by atoms with E-state index in [1.165, 1.54) is 28.0 Å². The Morgan fingerprint density at radius 3 is 2.73 bits per heavy atom. The number of para-hydroxylation sites is 1. The number of anilines is 1. The van der Waals surface area contributed by atoms with Crippen LogP contribution in [0.5, 0.6) is 0 Å². The first-order chi connectivity index (χ1) is 15.8. The maximum Gasteiger partial charge on any atom is 0.340 e. The van der Waals surface area contributed by atoms with Crippen LogP contribution in [0, 0.1) is 0 Å². The predicted molar refractivity (Wildman–Crippen MR) is 117 cm³/mol. The third kappa shape index (κ3) is 6.81. The monoisotopic (exact) mass is 478 g/mol. The van der Waals surface area contributed by atoms with E-state index >= 15 is 0 Å². The highest BCUT2D eigenvalue weighted by Gasteiger charge is 2.34. The zero-order chi connectivity index (χ0) is 23.8. The Balaban J connectivity index is 1.62. The van der Waals surface area contributed by atoms with Crippen LogP contribution in [0.25, 0.3) is 0 Å². The SMILES string of the molecule is CCCCN(C(=O)COC(=O)c1ccccc1NC(=O)Cn1cnnn1)C1CCS(=O)(=O)C1. The molecule has 1 aromatic heterocycles. The number of amides is 2. The van der Waals surface area contributed by atoms with Gasteiger partial charge in [0.05, 0.1) is 22.8 Å². The molecule has 1 aromatic carbocycles. The van der Waals surface area contributed by atoms with Crippen LogP contribution in [0.4, 0.5) is 5.69 Å². The number of hydrogen-bond donors (Lipinski definition) is 1. The van der Waals surface area contributed by atoms with Gasteiger partial charge in [0.25, 0.3) is 5.91 Å². The summed E-state index contributed by atoms with van der Waals surface area (Å²) in [5, 5.41) is 13.1. The van der Waals surface area contributed by atoms with Crippen molar-refractivity contribution < 1.29 is 27.5 Å². The highest BCUT2D eigenvalue weighted by Crippen LogP contribution is 2.20. The van der Waals surface area contributed by atoms with Gasteiger partial charge in [-0.25, -0.2) is 17.9 Å². The number of carbonyl (C=O) groups excluding carboxylic acids is 3. The van der Waals surface area contributed by atoms with Crippen LogP contribution in [-0.4, -0.2) is 82.0 Å². The van der Waals surface area contributed by atoms with E-state index in [-0.39, 0.29) is 29.3 Å². The largest absolute Gasteiger partial charge is 0.452 e. The number of sulfone groups is 1. The number of benzene rings is 1. The van der Waals surface area contributed by atoms with Crippen LogP contribution >= 0.6 is 0 Å². The van der Waals surface area contributed by atoms with E-state index in [2.05, 4.69) is 20.8 Å². The van der Waals surface area contributed by atoms with Gasteiger partial charge in [0.1, 0.15) is 12.9 Å². The molecule has 0 aliphatic carbocycles. The van der Waals surface area contributed by atoms with E-state index in [0.29, 0.717) is 19.4 Å². The second-order valence-electron chi connectivity index (χ2n) is 7.67. The molecular formula is C20H26N6O6S. The lowest BCUT2D eigenvalue weighted by atomic mass is 10.1. The van der Waals surface area contributed by atoms with Gasteiger partial charge in [0.2, 0.25) is 5.91 Å². The summed E-state index contributed by atoms with van der Waals surface area (Å²) in [4.78, 5) is 39.2. The average molecular weight is 479 g/mol. The Hall–Kier alpha value is -3.35. The summed E-state index contributed by atoms with van der Waals surface area (Å²) < 4.78 is 30.1. The van der Waals surface area contributed by atoms with Crippen molar-refractivity contribution in [1.29, 1.82) is 0 Å². The maximum absolute atomic E-state index is 12.8. The van der Waals surface area contributed by atoms with E-state index in [9.17, 15) is 22.8 Å². The predicted octanol–water partition coefficient (Wildman–Crippen LogP) is 0.284. The van der Waals surface area contributed by atoms with Crippen LogP contribution in [0.2, 0.25) is 0 Å². The van der Waals surface area contributed by atoms with Crippen LogP contribution in [-0.2, 0) is 30.7 Å². The van der Waals surface area contributed by atoms with Crippen LogP contribution in [0.3, 0.4) is 0 Å². The van der Waals surface area contributed by atoms with E-state index in [1.54, 1.807) is 12.1 Å². The lowest BCUT2D eigenvalue weighted by Gasteiger charge is -2.28. The molecule has 1 aliphatic rings. The molecule has 1 N–H and O–H groups in total. The normalized spacial score (nSPS) is 16.8. The molecule has 0 spiro atoms. The molecule has 13 heteroatoms. The van der Waals surface area contributed by atoms with E-state index in [0.717, 1.165) is 6.42 Å². The summed E-state index contributed by atoms with van der Waals surface area (Å²) in [5.74, 6) is -1.71. The summed E-state index contributed by atoms with van der Waals surface area (Å²) in [7, 11) is -3.17. The first-order valence-corrected chi connectivity index (χ1v) is 12.4. The van der Waals surface area contributed by atoms with Crippen LogP contribution in [0.1, 0.15) is 36.5 Å². The molecule has 1 saturated heterocycles. The molecule has 33 heavy (non-hydrogen) atoms. The van der Waals surface area contributed by atoms with Crippen molar-refractivity contribution in [2.24, 2.45) is 0 Å². The Morgan fingerprint density at radius 1 is 1.27 bits per heavy atom. The van der Waals surface area contributed by atoms with Crippen molar-refractivity contribution in [3.63, 3.8) is 0 Å². The minimum Gasteiger partial charge on any atom is -0.452 e. The first-order valence-electron chi connectivity index (χ1n) is 10.6. The number of carbonyl (C=O) groups is 3. The molecule has 2 heterocycles. The lowest BCUT2D eigenvalue weighted by Crippen LogP contribution is -2.43. The summed E-state index contributed by atoms with van der Waals surface area (Å²) in [5.41, 5.74) is 0.302. The summed E-state index contributed by atoms with van der Waals surface area (Å²) in [6.45, 7) is 1.70. The molecular weight excluding hydrogens is 452 g/mol. The number of nitrogens with zero attached hydrogens (tertiary/aromatic N) is 5. The molecule has 1 unspecified atom stereocenters. The molecule has 12 nitrogen and oxygen atoms in total. The van der Waals surface area contributed by atoms with Gasteiger partial charge in [-0.15, -0.1) is 5.10 Å². The summed E-state index contributed by atoms with van der Waals surface area (Å²) in [6, 6.07) is 5.84. The van der Waals surface area contributed by atoms with Gasteiger partial charge in [-0.05, 0) is 35.4 Å². The summed E-state index contributed by atoms with van der Waals surface area (Å²) in [6.07, 6.45) is 3.21. The Morgan fingerprint density at radius 2 is 2.06 bits per heavy atom. The second kappa shape index (κ2) is 11.0. The van der Waals surface area contributed by atoms with Gasteiger partial charge < -0.3 is 15.0 Å². The number of hydrogen-bond acceptors (Lipinski definition) is 9. The van der Waals surface area contributed by atoms with E-state index in [4.69, 9.17) is 4.74 Å². The zero-order valence-corrected chi connectivity index (χ0v) is 19.0. The molecule has 178 valence electrons. The fourth-order valence-corrected chi connectivity index (χ4v) is 5.24. The summed E-state index contributed by atoms with van der Waals surface area (Å²) >= 11 is 0. The quantitative estimate of drug-likeness (QED) is 0.474. The first kappa shape index (κ1) is 24.3. The third-order valence-corrected chi connectivity index (χ3v) is 6.92. The molecule has 0 radical (unpaired) electrons. The molecule has 1 fully saturated rings. The van der Waals surface area contributed by atoms with Crippen molar-refractivity contribution >= 4 is 33.3 Å². The molecule has 0 bridgehead atoms. The van der Waals surface area contributed by atoms with Crippen molar-refractivity contribution in [3.8, 4) is 0 Å². The minimum atomic E-state index is -3.17. The molecule has 2 aromatic rings. The standard InChI is InChI=1S/C20H26N6O6S/c1-2-3-9-26(15-8-10-33(30,31)13-15)19(28)12-32-20(29)16-6-4-5-7-17(16)22-18(27)11-25-14-21-23-24-25/h4-7,14-15H,2-3,8-13H2,1H3,(H,22,27). The number of tetrazole rings is 1. The van der Waals surface area contributed by atoms with Gasteiger partial charge >= 0.3 is 5.97 Å². The molecule has 0 saturated carbocycles. The van der Waals surface area contributed by atoms with Gasteiger partial charge in [0, 0.05) is 12.6 Å². The van der Waals surface area contributed by atoms with Gasteiger partial charge in [0.15, 0.2) is 16.4 Å². The van der Waals surface area contributed by atoms with E-state index in [1.807, 2.05) is 6.92 Å². The Bertz CT molecular complexity index is 1090. The van der Waals surface area contributed by atoms with Crippen LogP contribution in [0.15, 0.2) is 30.6 Å². The number of ether oxygens (including phenoxy) is 1. The fourth-order valence-electron chi connectivity index (χ4n) is 3.51. The van der Waals surface area contributed by atoms with Gasteiger partial charge in [-0.3, -0.25) is 9.59 Å². The topological polar surface area (TPSA) is 153 Å². The molecule has 1 aliphatic heterocycles. The molecule has 1 atom stereocenters. The van der Waals surface area contributed by atoms with Crippen molar-refractivity contribution in [2.75, 3.05) is 30.0 Å². The second-order valence-corrected chi connectivity index (χ2v) is 9.90. The van der Waals surface area contributed by atoms with Crippen LogP contribution < -0.4 is 5.32 Å². The fraction of sp³-hybridized carbons (Fsp3) is 0.500. The van der Waals surface area contributed by atoms with Crippen molar-refractivity contribution in [1.82, 2.24) is 25.1 Å². The Labute approximate surface area is 191 Å². The highest BCUT2D eigenvalue weighted by molar-refractivity contribution is 7.91. The smallest absolute Gasteiger partial charge is 0.340 e. The zero-order valence-electron chi connectivity index (χ0n) is 18.2. The molecule has 3 rings (SSSR count). The van der Waals surface area contributed by atoms with E-state index < -0.39 is 40.3 Å². The number of esters is 1. The molecule has 2 amide bonds. The van der Waals surface area contributed by atoms with Crippen molar-refractivity contribution in [2.45, 2.75) is 38.8 Å². The van der Waals surface area contributed by atoms with Gasteiger partial charge in [-0.1, -0.05) is 25.5 Å². The van der Waals surface area contributed by atoms with Crippen molar-refractivity contribution in [3.05, 3.63) is 36.2 Å². The lowest BCUT2D eigenvalue weighted by molar-refractivity contribution is -0.136. The van der Waals surface area contributed by atoms with Gasteiger partial charge in [-0.2, -0.15) is 0 Å². The Kier molecular flexibility index (Phi) is 8.09. The highest BCUT2D eigenvalue weighted by atomic mass is 32.2. The number of unbranched alkanes of at least 4 members (excludes halogenated alkanes) is 1. The average Bonchev–Trinajstić information content (AvgIpc) is 3.41. The number of aromatic nitrogens is 4. The third-order valence-electron chi connectivity index (χ3n) is 5.17. The number of nitrogens with one attached hydrogen (secondary N) is 1. The maximum atomic E-state index is 12.8.